The maximum atomic E-state index is 11.2. The van der Waals surface area contributed by atoms with Crippen molar-refractivity contribution < 1.29 is 34.3 Å². The Balaban J connectivity index is 4.79. The van der Waals surface area contributed by atoms with Crippen LogP contribution < -0.4 is 0 Å². The second-order valence-corrected chi connectivity index (χ2v) is 4.28. The first-order valence-electron chi connectivity index (χ1n) is 6.20. The van der Waals surface area contributed by atoms with E-state index in [2.05, 4.69) is 0 Å². The minimum absolute atomic E-state index is 0.0330. The van der Waals surface area contributed by atoms with Gasteiger partial charge in [0, 0.05) is 13.7 Å². The highest BCUT2D eigenvalue weighted by Gasteiger charge is 2.33. The standard InChI is InChI=1S/C12H24O7/c1-5-18-8(3)11(12(15)16)19-9(6-17-4)10(14)7(2)13/h7-11,13-14H,5-6H2,1-4H3,(H,15,16)/t7-,8?,9-,10?,11?/m1/s1. The average molecular weight is 280 g/mol. The number of carboxylic acid groups (broad SMARTS) is 1. The van der Waals surface area contributed by atoms with Crippen molar-refractivity contribution in [2.75, 3.05) is 20.3 Å². The Morgan fingerprint density at radius 3 is 2.21 bits per heavy atom. The van der Waals surface area contributed by atoms with Gasteiger partial charge in [0.15, 0.2) is 6.10 Å². The molecule has 0 radical (unpaired) electrons. The number of carboxylic acids is 1. The SMILES string of the molecule is CCOC(C)C(O[C@H](COC)C(O)[C@@H](C)O)C(=O)O. The Hall–Kier alpha value is -0.730. The summed E-state index contributed by atoms with van der Waals surface area (Å²) in [5.74, 6) is -1.19. The van der Waals surface area contributed by atoms with E-state index in [9.17, 15) is 15.0 Å². The Labute approximate surface area is 113 Å². The number of aliphatic hydroxyl groups is 2. The van der Waals surface area contributed by atoms with Gasteiger partial charge in [-0.05, 0) is 20.8 Å². The van der Waals surface area contributed by atoms with Crippen LogP contribution in [-0.4, -0.2) is 72.1 Å². The molecule has 0 spiro atoms. The molecular weight excluding hydrogens is 256 g/mol. The van der Waals surface area contributed by atoms with E-state index in [1.165, 1.54) is 14.0 Å². The van der Waals surface area contributed by atoms with Crippen molar-refractivity contribution in [1.82, 2.24) is 0 Å². The van der Waals surface area contributed by atoms with Crippen LogP contribution in [0.25, 0.3) is 0 Å². The number of hydrogen-bond donors (Lipinski definition) is 3. The predicted octanol–water partition coefficient (Wildman–Crippen LogP) is -0.362. The molecule has 19 heavy (non-hydrogen) atoms. The van der Waals surface area contributed by atoms with Crippen LogP contribution in [-0.2, 0) is 19.0 Å². The smallest absolute Gasteiger partial charge is 0.335 e. The molecule has 0 aromatic rings. The fourth-order valence-corrected chi connectivity index (χ4v) is 1.60. The molecule has 3 N–H and O–H groups in total. The Morgan fingerprint density at radius 2 is 1.84 bits per heavy atom. The molecule has 7 heteroatoms. The van der Waals surface area contributed by atoms with Crippen molar-refractivity contribution in [3.63, 3.8) is 0 Å². The molecule has 0 fully saturated rings. The van der Waals surface area contributed by atoms with Gasteiger partial charge >= 0.3 is 5.97 Å². The van der Waals surface area contributed by atoms with E-state index >= 15 is 0 Å². The van der Waals surface area contributed by atoms with Gasteiger partial charge < -0.3 is 29.5 Å². The largest absolute Gasteiger partial charge is 0.479 e. The molecule has 0 aliphatic carbocycles. The summed E-state index contributed by atoms with van der Waals surface area (Å²) < 4.78 is 15.4. The van der Waals surface area contributed by atoms with E-state index < -0.39 is 36.5 Å². The molecule has 0 saturated heterocycles. The van der Waals surface area contributed by atoms with Gasteiger partial charge in [-0.25, -0.2) is 4.79 Å². The fourth-order valence-electron chi connectivity index (χ4n) is 1.60. The first-order chi connectivity index (χ1) is 8.84. The third kappa shape index (κ3) is 6.31. The van der Waals surface area contributed by atoms with Crippen LogP contribution in [0.4, 0.5) is 0 Å². The number of hydrogen-bond acceptors (Lipinski definition) is 6. The molecule has 0 aromatic heterocycles. The van der Waals surface area contributed by atoms with Crippen molar-refractivity contribution >= 4 is 5.97 Å². The van der Waals surface area contributed by atoms with E-state index in [-0.39, 0.29) is 6.61 Å². The molecule has 5 atom stereocenters. The van der Waals surface area contributed by atoms with Crippen LogP contribution in [0.3, 0.4) is 0 Å². The first kappa shape index (κ1) is 18.3. The molecule has 0 aliphatic rings. The zero-order chi connectivity index (χ0) is 15.0. The summed E-state index contributed by atoms with van der Waals surface area (Å²) in [7, 11) is 1.40. The molecule has 0 bridgehead atoms. The minimum Gasteiger partial charge on any atom is -0.479 e. The third-order valence-corrected chi connectivity index (χ3v) is 2.63. The van der Waals surface area contributed by atoms with E-state index in [1.807, 2.05) is 0 Å². The maximum Gasteiger partial charge on any atom is 0.335 e. The highest BCUT2D eigenvalue weighted by atomic mass is 16.6. The van der Waals surface area contributed by atoms with Crippen LogP contribution in [0.1, 0.15) is 20.8 Å². The lowest BCUT2D eigenvalue weighted by Crippen LogP contribution is -2.47. The Kier molecular flexibility index (Phi) is 8.86. The molecule has 0 rings (SSSR count). The summed E-state index contributed by atoms with van der Waals surface area (Å²) in [5, 5.41) is 28.2. The van der Waals surface area contributed by atoms with Crippen LogP contribution in [0.15, 0.2) is 0 Å². The molecule has 0 heterocycles. The van der Waals surface area contributed by atoms with E-state index in [4.69, 9.17) is 19.3 Å². The van der Waals surface area contributed by atoms with E-state index in [0.29, 0.717) is 6.61 Å². The van der Waals surface area contributed by atoms with Crippen molar-refractivity contribution in [3.8, 4) is 0 Å². The summed E-state index contributed by atoms with van der Waals surface area (Å²) in [6, 6.07) is 0. The quantitative estimate of drug-likeness (QED) is 0.501. The van der Waals surface area contributed by atoms with Gasteiger partial charge in [0.2, 0.25) is 0 Å². The van der Waals surface area contributed by atoms with Gasteiger partial charge in [-0.2, -0.15) is 0 Å². The predicted molar refractivity (Wildman–Crippen MR) is 66.9 cm³/mol. The summed E-state index contributed by atoms with van der Waals surface area (Å²) in [6.45, 7) is 5.02. The number of ether oxygens (including phenoxy) is 3. The molecule has 3 unspecified atom stereocenters. The Morgan fingerprint density at radius 1 is 1.26 bits per heavy atom. The zero-order valence-electron chi connectivity index (χ0n) is 11.8. The second-order valence-electron chi connectivity index (χ2n) is 4.28. The first-order valence-corrected chi connectivity index (χ1v) is 6.20. The molecule has 0 aliphatic heterocycles. The summed E-state index contributed by atoms with van der Waals surface area (Å²) in [4.78, 5) is 11.2. The minimum atomic E-state index is -1.24. The van der Waals surface area contributed by atoms with Crippen molar-refractivity contribution in [2.45, 2.75) is 51.3 Å². The highest BCUT2D eigenvalue weighted by Crippen LogP contribution is 2.13. The number of aliphatic carboxylic acids is 1. The normalized spacial score (nSPS) is 19.5. The van der Waals surface area contributed by atoms with E-state index in [0.717, 1.165) is 0 Å². The maximum absolute atomic E-state index is 11.2. The van der Waals surface area contributed by atoms with Crippen molar-refractivity contribution in [2.24, 2.45) is 0 Å². The lowest BCUT2D eigenvalue weighted by Gasteiger charge is -2.29. The number of carbonyl (C=O) groups is 1. The molecule has 0 amide bonds. The van der Waals surface area contributed by atoms with Crippen molar-refractivity contribution in [1.29, 1.82) is 0 Å². The Bertz CT molecular complexity index is 256. The molecular formula is C12H24O7. The zero-order valence-corrected chi connectivity index (χ0v) is 11.8. The molecule has 114 valence electrons. The van der Waals surface area contributed by atoms with Crippen LogP contribution in [0, 0.1) is 0 Å². The topological polar surface area (TPSA) is 105 Å². The van der Waals surface area contributed by atoms with Gasteiger partial charge in [-0.1, -0.05) is 0 Å². The number of aliphatic hydroxyl groups excluding tert-OH is 2. The van der Waals surface area contributed by atoms with Gasteiger partial charge in [0.05, 0.1) is 18.8 Å². The lowest BCUT2D eigenvalue weighted by molar-refractivity contribution is -0.185. The summed E-state index contributed by atoms with van der Waals surface area (Å²) >= 11 is 0. The molecule has 0 aromatic carbocycles. The highest BCUT2D eigenvalue weighted by molar-refractivity contribution is 5.73. The third-order valence-electron chi connectivity index (χ3n) is 2.63. The second kappa shape index (κ2) is 9.22. The van der Waals surface area contributed by atoms with Gasteiger partial charge in [-0.15, -0.1) is 0 Å². The van der Waals surface area contributed by atoms with Crippen molar-refractivity contribution in [3.05, 3.63) is 0 Å². The van der Waals surface area contributed by atoms with Gasteiger partial charge in [-0.3, -0.25) is 0 Å². The van der Waals surface area contributed by atoms with Crippen LogP contribution >= 0.6 is 0 Å². The van der Waals surface area contributed by atoms with Crippen LogP contribution in [0.2, 0.25) is 0 Å². The van der Waals surface area contributed by atoms with Crippen LogP contribution in [0.5, 0.6) is 0 Å². The summed E-state index contributed by atoms with van der Waals surface area (Å²) in [6.07, 6.45) is -5.17. The van der Waals surface area contributed by atoms with Gasteiger partial charge in [0.25, 0.3) is 0 Å². The van der Waals surface area contributed by atoms with E-state index in [1.54, 1.807) is 13.8 Å². The average Bonchev–Trinajstić information content (AvgIpc) is 2.33. The number of rotatable bonds is 10. The van der Waals surface area contributed by atoms with Gasteiger partial charge in [0.1, 0.15) is 12.2 Å². The number of methoxy groups -OCH3 is 1. The molecule has 0 saturated carbocycles. The fraction of sp³-hybridized carbons (Fsp3) is 0.917. The monoisotopic (exact) mass is 280 g/mol. The lowest BCUT2D eigenvalue weighted by atomic mass is 10.1. The summed E-state index contributed by atoms with van der Waals surface area (Å²) in [5.41, 5.74) is 0. The molecule has 7 nitrogen and oxygen atoms in total.